The fraction of sp³-hybridized carbons (Fsp3) is 0.833. The first-order chi connectivity index (χ1) is 4.98. The summed E-state index contributed by atoms with van der Waals surface area (Å²) in [5.74, 6) is 0. The Kier molecular flexibility index (Phi) is 4.98. The van der Waals surface area contributed by atoms with Crippen LogP contribution in [0.25, 0.3) is 0 Å². The summed E-state index contributed by atoms with van der Waals surface area (Å²) in [6, 6.07) is 0. The van der Waals surface area contributed by atoms with Gasteiger partial charge in [-0.1, -0.05) is 6.92 Å². The number of carbonyl (C=O) groups is 1. The van der Waals surface area contributed by atoms with Crippen LogP contribution in [0.15, 0.2) is 0 Å². The third-order valence-electron chi connectivity index (χ3n) is 1.23. The first-order valence-electron chi connectivity index (χ1n) is 3.47. The van der Waals surface area contributed by atoms with E-state index in [9.17, 15) is 9.36 Å². The van der Waals surface area contributed by atoms with Gasteiger partial charge in [0.15, 0.2) is 0 Å². The summed E-state index contributed by atoms with van der Waals surface area (Å²) in [5, 5.41) is -0.546. The van der Waals surface area contributed by atoms with Crippen LogP contribution in [-0.2, 0) is 9.36 Å². The van der Waals surface area contributed by atoms with Crippen molar-refractivity contribution in [1.29, 1.82) is 0 Å². The van der Waals surface area contributed by atoms with Gasteiger partial charge in [0.05, 0.1) is 0 Å². The molecule has 0 aromatic rings. The average molecular weight is 199 g/mol. The van der Waals surface area contributed by atoms with Gasteiger partial charge in [0, 0.05) is 18.7 Å². The summed E-state index contributed by atoms with van der Waals surface area (Å²) in [7, 11) is -3.05. The quantitative estimate of drug-likeness (QED) is 0.542. The molecular formula is C6H12ClO3P. The van der Waals surface area contributed by atoms with E-state index in [2.05, 4.69) is 0 Å². The summed E-state index contributed by atoms with van der Waals surface area (Å²) >= 11 is 5.01. The molecule has 0 amide bonds. The van der Waals surface area contributed by atoms with Crippen LogP contribution in [0.4, 0.5) is 0 Å². The summed E-state index contributed by atoms with van der Waals surface area (Å²) in [6.07, 6.45) is 0.944. The predicted octanol–water partition coefficient (Wildman–Crippen LogP) is 1.82. The molecule has 0 fully saturated rings. The maximum Gasteiger partial charge on any atom is 0.222 e. The highest BCUT2D eigenvalue weighted by Crippen LogP contribution is 2.41. The third kappa shape index (κ3) is 6.54. The van der Waals surface area contributed by atoms with Gasteiger partial charge in [-0.25, -0.2) is 0 Å². The van der Waals surface area contributed by atoms with E-state index in [1.165, 1.54) is 0 Å². The number of hydrogen-bond acceptors (Lipinski definition) is 2. The molecule has 1 N–H and O–H groups in total. The SMILES string of the molecule is CCCP(=O)(O)CCC(=O)Cl. The molecule has 0 bridgehead atoms. The van der Waals surface area contributed by atoms with Crippen molar-refractivity contribution in [2.75, 3.05) is 12.3 Å². The standard InChI is InChI=1S/C6H12ClO3P/c1-2-4-11(9,10)5-3-6(7)8/h2-5H2,1H3,(H,9,10). The van der Waals surface area contributed by atoms with Gasteiger partial charge in [0.2, 0.25) is 12.6 Å². The monoisotopic (exact) mass is 198 g/mol. The number of rotatable bonds is 5. The van der Waals surface area contributed by atoms with E-state index in [4.69, 9.17) is 16.5 Å². The van der Waals surface area contributed by atoms with E-state index in [0.717, 1.165) is 0 Å². The van der Waals surface area contributed by atoms with E-state index in [1.54, 1.807) is 0 Å². The molecule has 0 rings (SSSR count). The van der Waals surface area contributed by atoms with Gasteiger partial charge in [-0.3, -0.25) is 9.36 Å². The Bertz CT molecular complexity index is 181. The summed E-state index contributed by atoms with van der Waals surface area (Å²) in [4.78, 5) is 19.3. The fourth-order valence-corrected chi connectivity index (χ4v) is 2.42. The second-order valence-corrected chi connectivity index (χ2v) is 5.41. The lowest BCUT2D eigenvalue weighted by Crippen LogP contribution is -1.97. The van der Waals surface area contributed by atoms with Crippen molar-refractivity contribution in [3.8, 4) is 0 Å². The number of carbonyl (C=O) groups excluding carboxylic acids is 1. The Morgan fingerprint density at radius 1 is 1.55 bits per heavy atom. The molecule has 0 aliphatic carbocycles. The topological polar surface area (TPSA) is 54.4 Å². The van der Waals surface area contributed by atoms with Crippen LogP contribution in [0.3, 0.4) is 0 Å². The van der Waals surface area contributed by atoms with Gasteiger partial charge < -0.3 is 4.89 Å². The normalized spacial score (nSPS) is 15.9. The molecule has 1 atom stereocenters. The molecule has 11 heavy (non-hydrogen) atoms. The molecule has 0 radical (unpaired) electrons. The maximum absolute atomic E-state index is 11.1. The maximum atomic E-state index is 11.1. The lowest BCUT2D eigenvalue weighted by molar-refractivity contribution is -0.111. The van der Waals surface area contributed by atoms with Crippen molar-refractivity contribution in [3.05, 3.63) is 0 Å². The zero-order chi connectivity index (χ0) is 8.91. The van der Waals surface area contributed by atoms with Crippen molar-refractivity contribution in [3.63, 3.8) is 0 Å². The molecule has 0 spiro atoms. The van der Waals surface area contributed by atoms with Crippen molar-refractivity contribution >= 4 is 24.2 Å². The smallest absolute Gasteiger partial charge is 0.222 e. The minimum atomic E-state index is -3.05. The van der Waals surface area contributed by atoms with Gasteiger partial charge >= 0.3 is 0 Å². The zero-order valence-corrected chi connectivity index (χ0v) is 8.07. The van der Waals surface area contributed by atoms with Gasteiger partial charge in [-0.2, -0.15) is 0 Å². The fourth-order valence-electron chi connectivity index (χ4n) is 0.724. The van der Waals surface area contributed by atoms with E-state index in [1.807, 2.05) is 6.92 Å². The van der Waals surface area contributed by atoms with Crippen molar-refractivity contribution < 1.29 is 14.3 Å². The molecule has 0 aliphatic heterocycles. The minimum Gasteiger partial charge on any atom is -0.344 e. The lowest BCUT2D eigenvalue weighted by atomic mass is 10.5. The van der Waals surface area contributed by atoms with Crippen LogP contribution in [0.5, 0.6) is 0 Å². The molecule has 0 saturated heterocycles. The zero-order valence-electron chi connectivity index (χ0n) is 6.42. The van der Waals surface area contributed by atoms with Crippen LogP contribution in [-0.4, -0.2) is 22.5 Å². The molecule has 0 aliphatic rings. The highest BCUT2D eigenvalue weighted by molar-refractivity contribution is 7.58. The van der Waals surface area contributed by atoms with Gasteiger partial charge in [-0.15, -0.1) is 0 Å². The van der Waals surface area contributed by atoms with Crippen LogP contribution < -0.4 is 0 Å². The predicted molar refractivity (Wildman–Crippen MR) is 45.3 cm³/mol. The Labute approximate surface area is 71.2 Å². The van der Waals surface area contributed by atoms with E-state index in [-0.39, 0.29) is 18.7 Å². The van der Waals surface area contributed by atoms with Gasteiger partial charge in [0.25, 0.3) is 0 Å². The first-order valence-corrected chi connectivity index (χ1v) is 5.88. The Balaban J connectivity index is 3.73. The molecule has 0 saturated carbocycles. The summed E-state index contributed by atoms with van der Waals surface area (Å²) in [5.41, 5.74) is 0. The molecule has 3 nitrogen and oxygen atoms in total. The summed E-state index contributed by atoms with van der Waals surface area (Å²) in [6.45, 7) is 1.82. The lowest BCUT2D eigenvalue weighted by Gasteiger charge is -2.07. The van der Waals surface area contributed by atoms with Crippen molar-refractivity contribution in [2.24, 2.45) is 0 Å². The Hall–Kier alpha value is 0.150. The van der Waals surface area contributed by atoms with E-state index in [0.29, 0.717) is 6.42 Å². The van der Waals surface area contributed by atoms with Crippen LogP contribution in [0.1, 0.15) is 19.8 Å². The van der Waals surface area contributed by atoms with E-state index < -0.39 is 12.6 Å². The van der Waals surface area contributed by atoms with Crippen LogP contribution in [0, 0.1) is 0 Å². The first kappa shape index (κ1) is 11.2. The number of halogens is 1. The molecular weight excluding hydrogens is 186 g/mol. The Morgan fingerprint density at radius 2 is 2.09 bits per heavy atom. The van der Waals surface area contributed by atoms with Gasteiger partial charge in [0.1, 0.15) is 0 Å². The minimum absolute atomic E-state index is 0.00463. The van der Waals surface area contributed by atoms with E-state index >= 15 is 0 Å². The molecule has 5 heteroatoms. The van der Waals surface area contributed by atoms with Crippen molar-refractivity contribution in [2.45, 2.75) is 19.8 Å². The van der Waals surface area contributed by atoms with Crippen LogP contribution >= 0.6 is 19.0 Å². The highest BCUT2D eigenvalue weighted by atomic mass is 35.5. The average Bonchev–Trinajstić information content (AvgIpc) is 1.84. The van der Waals surface area contributed by atoms with Crippen LogP contribution in [0.2, 0.25) is 0 Å². The molecule has 66 valence electrons. The molecule has 0 aromatic carbocycles. The summed E-state index contributed by atoms with van der Waals surface area (Å²) < 4.78 is 11.1. The Morgan fingerprint density at radius 3 is 2.45 bits per heavy atom. The highest BCUT2D eigenvalue weighted by Gasteiger charge is 2.17. The second kappa shape index (κ2) is 4.91. The second-order valence-electron chi connectivity index (χ2n) is 2.40. The number of hydrogen-bond donors (Lipinski definition) is 1. The molecule has 0 heterocycles. The molecule has 0 aromatic heterocycles. The van der Waals surface area contributed by atoms with Gasteiger partial charge in [-0.05, 0) is 18.0 Å². The largest absolute Gasteiger partial charge is 0.344 e. The van der Waals surface area contributed by atoms with Crippen molar-refractivity contribution in [1.82, 2.24) is 0 Å². The third-order valence-corrected chi connectivity index (χ3v) is 3.49. The molecule has 1 unspecified atom stereocenters.